The predicted octanol–water partition coefficient (Wildman–Crippen LogP) is 6.07. The summed E-state index contributed by atoms with van der Waals surface area (Å²) in [4.78, 5) is 36.0. The van der Waals surface area contributed by atoms with Gasteiger partial charge in [0, 0.05) is 31.2 Å². The van der Waals surface area contributed by atoms with Gasteiger partial charge in [0.05, 0.1) is 28.4 Å². The molecule has 1 aromatic heterocycles. The SMILES string of the molecule is O=C(CSc1nc2ccccc2c(=O)n1-c1ccc(Cl)cc1)N1CCN(C(c2ccccc2)c2ccccc2)CC1. The first kappa shape index (κ1) is 27.3. The maximum atomic E-state index is 13.5. The van der Waals surface area contributed by atoms with E-state index in [4.69, 9.17) is 16.6 Å². The predicted molar refractivity (Wildman–Crippen MR) is 166 cm³/mol. The number of rotatable bonds is 7. The van der Waals surface area contributed by atoms with Crippen molar-refractivity contribution in [3.05, 3.63) is 136 Å². The number of benzene rings is 4. The molecule has 2 heterocycles. The summed E-state index contributed by atoms with van der Waals surface area (Å²) >= 11 is 7.39. The summed E-state index contributed by atoms with van der Waals surface area (Å²) in [6.07, 6.45) is 0. The number of halogens is 1. The maximum Gasteiger partial charge on any atom is 0.266 e. The lowest BCUT2D eigenvalue weighted by molar-refractivity contribution is -0.130. The molecular formula is C33H29ClN4O2S. The molecule has 0 unspecified atom stereocenters. The Balaban J connectivity index is 1.18. The largest absolute Gasteiger partial charge is 0.339 e. The second kappa shape index (κ2) is 12.3. The minimum absolute atomic E-state index is 0.0377. The second-order valence-corrected chi connectivity index (χ2v) is 11.3. The van der Waals surface area contributed by atoms with Crippen molar-refractivity contribution in [2.75, 3.05) is 31.9 Å². The lowest BCUT2D eigenvalue weighted by Gasteiger charge is -2.39. The van der Waals surface area contributed by atoms with Crippen molar-refractivity contribution in [1.29, 1.82) is 0 Å². The van der Waals surface area contributed by atoms with Gasteiger partial charge in [-0.1, -0.05) is 96.2 Å². The van der Waals surface area contributed by atoms with Gasteiger partial charge < -0.3 is 4.90 Å². The summed E-state index contributed by atoms with van der Waals surface area (Å²) in [5, 5.41) is 1.60. The molecule has 5 aromatic rings. The Morgan fingerprint density at radius 1 is 0.780 bits per heavy atom. The number of fused-ring (bicyclic) bond motifs is 1. The highest BCUT2D eigenvalue weighted by atomic mass is 35.5. The highest BCUT2D eigenvalue weighted by Gasteiger charge is 2.28. The summed E-state index contributed by atoms with van der Waals surface area (Å²) in [5.74, 6) is 0.231. The van der Waals surface area contributed by atoms with Gasteiger partial charge in [0.15, 0.2) is 5.16 Å². The van der Waals surface area contributed by atoms with E-state index in [0.29, 0.717) is 39.9 Å². The Kier molecular flexibility index (Phi) is 8.19. The summed E-state index contributed by atoms with van der Waals surface area (Å²) in [6, 6.07) is 35.6. The van der Waals surface area contributed by atoms with Gasteiger partial charge in [0.25, 0.3) is 5.56 Å². The van der Waals surface area contributed by atoms with Gasteiger partial charge in [-0.05, 0) is 47.5 Å². The topological polar surface area (TPSA) is 58.4 Å². The Bertz CT molecular complexity index is 1660. The molecule has 0 spiro atoms. The zero-order valence-electron chi connectivity index (χ0n) is 22.4. The Labute approximate surface area is 248 Å². The van der Waals surface area contributed by atoms with Crippen molar-refractivity contribution in [3.63, 3.8) is 0 Å². The first-order valence-corrected chi connectivity index (χ1v) is 15.0. The highest BCUT2D eigenvalue weighted by molar-refractivity contribution is 7.99. The molecule has 0 saturated carbocycles. The van der Waals surface area contributed by atoms with E-state index in [2.05, 4.69) is 53.4 Å². The van der Waals surface area contributed by atoms with Gasteiger partial charge >= 0.3 is 0 Å². The number of hydrogen-bond acceptors (Lipinski definition) is 5. The summed E-state index contributed by atoms with van der Waals surface area (Å²) < 4.78 is 1.57. The molecule has 4 aromatic carbocycles. The van der Waals surface area contributed by atoms with Gasteiger partial charge in [-0.15, -0.1) is 0 Å². The van der Waals surface area contributed by atoms with Crippen molar-refractivity contribution >= 4 is 40.2 Å². The van der Waals surface area contributed by atoms with Gasteiger partial charge in [-0.25, -0.2) is 4.98 Å². The van der Waals surface area contributed by atoms with Gasteiger partial charge in [0.2, 0.25) is 5.91 Å². The maximum absolute atomic E-state index is 13.5. The third-order valence-corrected chi connectivity index (χ3v) is 8.59. The zero-order valence-corrected chi connectivity index (χ0v) is 24.0. The molecule has 1 amide bonds. The standard InChI is InChI=1S/C33H29ClN4O2S/c34-26-15-17-27(18-16-26)38-32(40)28-13-7-8-14-29(28)35-33(38)41-23-30(39)36-19-21-37(22-20-36)31(24-9-3-1-4-10-24)25-11-5-2-6-12-25/h1-18,31H,19-23H2. The Morgan fingerprint density at radius 2 is 1.37 bits per heavy atom. The van der Waals surface area contributed by atoms with E-state index in [-0.39, 0.29) is 23.3 Å². The van der Waals surface area contributed by atoms with Crippen molar-refractivity contribution < 1.29 is 4.79 Å². The van der Waals surface area contributed by atoms with Gasteiger partial charge in [-0.3, -0.25) is 19.1 Å². The number of aromatic nitrogens is 2. The van der Waals surface area contributed by atoms with Crippen molar-refractivity contribution in [3.8, 4) is 5.69 Å². The molecule has 0 aliphatic carbocycles. The minimum atomic E-state index is -0.172. The number of thioether (sulfide) groups is 1. The van der Waals surface area contributed by atoms with Crippen LogP contribution in [0.5, 0.6) is 0 Å². The first-order chi connectivity index (χ1) is 20.1. The molecule has 6 nitrogen and oxygen atoms in total. The number of hydrogen-bond donors (Lipinski definition) is 0. The highest BCUT2D eigenvalue weighted by Crippen LogP contribution is 2.30. The lowest BCUT2D eigenvalue weighted by atomic mass is 9.96. The number of piperazine rings is 1. The fraction of sp³-hybridized carbons (Fsp3) is 0.182. The molecule has 8 heteroatoms. The van der Waals surface area contributed by atoms with E-state index in [1.165, 1.54) is 22.9 Å². The molecule has 0 radical (unpaired) electrons. The monoisotopic (exact) mass is 580 g/mol. The third kappa shape index (κ3) is 5.93. The lowest BCUT2D eigenvalue weighted by Crippen LogP contribution is -2.50. The molecule has 0 atom stereocenters. The number of nitrogens with zero attached hydrogens (tertiary/aromatic N) is 4. The zero-order chi connectivity index (χ0) is 28.2. The van der Waals surface area contributed by atoms with Crippen LogP contribution >= 0.6 is 23.4 Å². The molecule has 1 saturated heterocycles. The Morgan fingerprint density at radius 3 is 2.00 bits per heavy atom. The van der Waals surface area contributed by atoms with E-state index in [1.54, 1.807) is 34.9 Å². The summed E-state index contributed by atoms with van der Waals surface area (Å²) in [5.41, 5.74) is 3.59. The van der Waals surface area contributed by atoms with Crippen LogP contribution in [0.3, 0.4) is 0 Å². The van der Waals surface area contributed by atoms with Gasteiger partial charge in [0.1, 0.15) is 0 Å². The van der Waals surface area contributed by atoms with E-state index in [1.807, 2.05) is 35.2 Å². The van der Waals surface area contributed by atoms with Crippen LogP contribution < -0.4 is 5.56 Å². The van der Waals surface area contributed by atoms with Crippen LogP contribution in [-0.4, -0.2) is 57.2 Å². The first-order valence-electron chi connectivity index (χ1n) is 13.6. The molecule has 1 aliphatic rings. The van der Waals surface area contributed by atoms with Crippen LogP contribution in [0, 0.1) is 0 Å². The minimum Gasteiger partial charge on any atom is -0.339 e. The van der Waals surface area contributed by atoms with Crippen LogP contribution in [0.2, 0.25) is 5.02 Å². The van der Waals surface area contributed by atoms with Crippen molar-refractivity contribution in [2.24, 2.45) is 0 Å². The Hall–Kier alpha value is -3.91. The molecule has 0 bridgehead atoms. The van der Waals surface area contributed by atoms with E-state index in [0.717, 1.165) is 13.1 Å². The average Bonchev–Trinajstić information content (AvgIpc) is 3.02. The quantitative estimate of drug-likeness (QED) is 0.173. The van der Waals surface area contributed by atoms with Crippen LogP contribution in [0.15, 0.2) is 119 Å². The number of para-hydroxylation sites is 1. The molecule has 1 aliphatic heterocycles. The average molecular weight is 581 g/mol. The summed E-state index contributed by atoms with van der Waals surface area (Å²) in [6.45, 7) is 2.83. The number of carbonyl (C=O) groups excluding carboxylic acids is 1. The third-order valence-electron chi connectivity index (χ3n) is 7.42. The second-order valence-electron chi connectivity index (χ2n) is 9.96. The molecule has 41 heavy (non-hydrogen) atoms. The fourth-order valence-electron chi connectivity index (χ4n) is 5.36. The van der Waals surface area contributed by atoms with Crippen LogP contribution in [0.1, 0.15) is 17.2 Å². The molecule has 6 rings (SSSR count). The van der Waals surface area contributed by atoms with Crippen LogP contribution in [0.4, 0.5) is 0 Å². The van der Waals surface area contributed by atoms with Crippen molar-refractivity contribution in [1.82, 2.24) is 19.4 Å². The van der Waals surface area contributed by atoms with Crippen molar-refractivity contribution in [2.45, 2.75) is 11.2 Å². The molecule has 206 valence electrons. The fourth-order valence-corrected chi connectivity index (χ4v) is 6.40. The molecule has 0 N–H and O–H groups in total. The smallest absolute Gasteiger partial charge is 0.266 e. The molecule has 1 fully saturated rings. The van der Waals surface area contributed by atoms with E-state index < -0.39 is 0 Å². The molecular weight excluding hydrogens is 552 g/mol. The number of carbonyl (C=O) groups is 1. The van der Waals surface area contributed by atoms with Crippen LogP contribution in [0.25, 0.3) is 16.6 Å². The van der Waals surface area contributed by atoms with E-state index in [9.17, 15) is 9.59 Å². The van der Waals surface area contributed by atoms with Crippen LogP contribution in [-0.2, 0) is 4.79 Å². The summed E-state index contributed by atoms with van der Waals surface area (Å²) in [7, 11) is 0. The van der Waals surface area contributed by atoms with Gasteiger partial charge in [-0.2, -0.15) is 0 Å². The number of amides is 1. The normalized spacial score (nSPS) is 14.0. The van der Waals surface area contributed by atoms with E-state index >= 15 is 0 Å².